The van der Waals surface area contributed by atoms with Crippen LogP contribution in [0.1, 0.15) is 6.92 Å². The van der Waals surface area contributed by atoms with Crippen molar-refractivity contribution in [2.45, 2.75) is 6.92 Å². The summed E-state index contributed by atoms with van der Waals surface area (Å²) in [7, 11) is 0. The van der Waals surface area contributed by atoms with Crippen molar-refractivity contribution in [3.05, 3.63) is 12.7 Å². The summed E-state index contributed by atoms with van der Waals surface area (Å²) < 4.78 is 20.6. The van der Waals surface area contributed by atoms with Gasteiger partial charge in [-0.3, -0.25) is 0 Å². The number of hydrogen-bond acceptors (Lipinski definition) is 6. The maximum absolute atomic E-state index is 10.7. The summed E-state index contributed by atoms with van der Waals surface area (Å²) in [6.45, 7) is 10.6. The number of carbonyl (C=O) groups is 1. The molecule has 0 aromatic carbocycles. The SMILES string of the molecule is C=CC(=O)OCCOCCOCCOCCNCC. The van der Waals surface area contributed by atoms with Crippen LogP contribution in [0.25, 0.3) is 0 Å². The average molecular weight is 275 g/mol. The molecule has 0 rings (SSSR count). The molecule has 0 radical (unpaired) electrons. The molecule has 112 valence electrons. The van der Waals surface area contributed by atoms with Gasteiger partial charge in [-0.05, 0) is 6.54 Å². The zero-order chi connectivity index (χ0) is 14.2. The molecule has 0 heterocycles. The summed E-state index contributed by atoms with van der Waals surface area (Å²) in [4.78, 5) is 10.7. The minimum atomic E-state index is -0.436. The van der Waals surface area contributed by atoms with Gasteiger partial charge in [-0.1, -0.05) is 13.5 Å². The highest BCUT2D eigenvalue weighted by Crippen LogP contribution is 1.83. The Balaban J connectivity index is 2.99. The highest BCUT2D eigenvalue weighted by molar-refractivity contribution is 5.81. The van der Waals surface area contributed by atoms with E-state index in [1.165, 1.54) is 0 Å². The maximum Gasteiger partial charge on any atom is 0.330 e. The average Bonchev–Trinajstić information content (AvgIpc) is 2.43. The highest BCUT2D eigenvalue weighted by Gasteiger charge is 1.95. The fourth-order valence-corrected chi connectivity index (χ4v) is 1.12. The van der Waals surface area contributed by atoms with Gasteiger partial charge < -0.3 is 24.3 Å². The van der Waals surface area contributed by atoms with Crippen LogP contribution >= 0.6 is 0 Å². The molecule has 0 aliphatic heterocycles. The van der Waals surface area contributed by atoms with Crippen molar-refractivity contribution in [2.24, 2.45) is 0 Å². The fourth-order valence-electron chi connectivity index (χ4n) is 1.12. The van der Waals surface area contributed by atoms with Crippen molar-refractivity contribution in [3.8, 4) is 0 Å². The predicted molar refractivity (Wildman–Crippen MR) is 72.2 cm³/mol. The quantitative estimate of drug-likeness (QED) is 0.281. The van der Waals surface area contributed by atoms with Crippen LogP contribution in [-0.2, 0) is 23.7 Å². The summed E-state index contributed by atoms with van der Waals surface area (Å²) in [6, 6.07) is 0. The minimum absolute atomic E-state index is 0.235. The molecule has 6 heteroatoms. The van der Waals surface area contributed by atoms with E-state index in [1.807, 2.05) is 0 Å². The van der Waals surface area contributed by atoms with Gasteiger partial charge in [-0.15, -0.1) is 0 Å². The molecule has 0 saturated carbocycles. The molecule has 0 atom stereocenters. The lowest BCUT2D eigenvalue weighted by Crippen LogP contribution is -2.20. The molecule has 0 aliphatic carbocycles. The smallest absolute Gasteiger partial charge is 0.330 e. The molecule has 19 heavy (non-hydrogen) atoms. The standard InChI is InChI=1S/C13H25NO5/c1-3-13(15)19-12-11-18-10-9-17-8-7-16-6-5-14-4-2/h3,14H,1,4-12H2,2H3. The van der Waals surface area contributed by atoms with Crippen LogP contribution in [0.5, 0.6) is 0 Å². The van der Waals surface area contributed by atoms with Gasteiger partial charge in [0.05, 0.1) is 39.6 Å². The molecule has 0 aromatic rings. The molecule has 0 aromatic heterocycles. The van der Waals surface area contributed by atoms with Crippen molar-refractivity contribution in [3.63, 3.8) is 0 Å². The van der Waals surface area contributed by atoms with Gasteiger partial charge in [0.1, 0.15) is 6.61 Å². The van der Waals surface area contributed by atoms with Gasteiger partial charge in [0.15, 0.2) is 0 Å². The van der Waals surface area contributed by atoms with E-state index in [-0.39, 0.29) is 6.61 Å². The molecular formula is C13H25NO5. The Bertz CT molecular complexity index is 223. The minimum Gasteiger partial charge on any atom is -0.460 e. The van der Waals surface area contributed by atoms with E-state index < -0.39 is 5.97 Å². The van der Waals surface area contributed by atoms with Crippen molar-refractivity contribution in [2.75, 3.05) is 59.3 Å². The third-order valence-electron chi connectivity index (χ3n) is 2.06. The lowest BCUT2D eigenvalue weighted by atomic mass is 10.6. The third kappa shape index (κ3) is 15.0. The first-order valence-electron chi connectivity index (χ1n) is 6.54. The van der Waals surface area contributed by atoms with E-state index in [1.54, 1.807) is 0 Å². The zero-order valence-electron chi connectivity index (χ0n) is 11.7. The first kappa shape index (κ1) is 18.0. The summed E-state index contributed by atoms with van der Waals surface area (Å²) in [5.41, 5.74) is 0. The Kier molecular flexibility index (Phi) is 14.4. The summed E-state index contributed by atoms with van der Waals surface area (Å²) in [5, 5.41) is 3.16. The second-order valence-electron chi connectivity index (χ2n) is 3.56. The first-order valence-corrected chi connectivity index (χ1v) is 6.54. The van der Waals surface area contributed by atoms with Gasteiger partial charge in [-0.25, -0.2) is 4.79 Å². The van der Waals surface area contributed by atoms with Crippen molar-refractivity contribution in [1.29, 1.82) is 0 Å². The van der Waals surface area contributed by atoms with Crippen LogP contribution in [0.3, 0.4) is 0 Å². The van der Waals surface area contributed by atoms with Gasteiger partial charge >= 0.3 is 5.97 Å². The van der Waals surface area contributed by atoms with Crippen LogP contribution in [-0.4, -0.2) is 65.3 Å². The van der Waals surface area contributed by atoms with Crippen LogP contribution in [0.2, 0.25) is 0 Å². The summed E-state index contributed by atoms with van der Waals surface area (Å²) >= 11 is 0. The van der Waals surface area contributed by atoms with E-state index >= 15 is 0 Å². The lowest BCUT2D eigenvalue weighted by molar-refractivity contribution is -0.139. The third-order valence-corrected chi connectivity index (χ3v) is 2.06. The maximum atomic E-state index is 10.7. The predicted octanol–water partition coefficient (Wildman–Crippen LogP) is 0.375. The molecule has 0 aliphatic rings. The fraction of sp³-hybridized carbons (Fsp3) is 0.769. The van der Waals surface area contributed by atoms with E-state index in [0.717, 1.165) is 19.2 Å². The topological polar surface area (TPSA) is 66.0 Å². The first-order chi connectivity index (χ1) is 9.31. The molecule has 1 N–H and O–H groups in total. The molecule has 0 amide bonds. The summed E-state index contributed by atoms with van der Waals surface area (Å²) in [5.74, 6) is -0.436. The number of esters is 1. The molecule has 0 unspecified atom stereocenters. The van der Waals surface area contributed by atoms with Crippen molar-refractivity contribution in [1.82, 2.24) is 5.32 Å². The van der Waals surface area contributed by atoms with E-state index in [9.17, 15) is 4.79 Å². The Morgan fingerprint density at radius 1 is 1.00 bits per heavy atom. The Morgan fingerprint density at radius 2 is 1.53 bits per heavy atom. The van der Waals surface area contributed by atoms with Crippen LogP contribution in [0.15, 0.2) is 12.7 Å². The highest BCUT2D eigenvalue weighted by atomic mass is 16.6. The molecule has 0 saturated heterocycles. The van der Waals surface area contributed by atoms with Crippen LogP contribution < -0.4 is 5.32 Å². The Hall–Kier alpha value is -0.950. The second-order valence-corrected chi connectivity index (χ2v) is 3.56. The number of carbonyl (C=O) groups excluding carboxylic acids is 1. The van der Waals surface area contributed by atoms with Crippen molar-refractivity contribution >= 4 is 5.97 Å². The van der Waals surface area contributed by atoms with Gasteiger partial charge in [0, 0.05) is 12.6 Å². The Morgan fingerprint density at radius 3 is 2.05 bits per heavy atom. The number of hydrogen-bond donors (Lipinski definition) is 1. The van der Waals surface area contributed by atoms with Gasteiger partial charge in [-0.2, -0.15) is 0 Å². The molecule has 0 bridgehead atoms. The number of ether oxygens (including phenoxy) is 4. The van der Waals surface area contributed by atoms with E-state index in [4.69, 9.17) is 18.9 Å². The van der Waals surface area contributed by atoms with Crippen LogP contribution in [0.4, 0.5) is 0 Å². The molecule has 0 fully saturated rings. The van der Waals surface area contributed by atoms with E-state index in [0.29, 0.717) is 39.6 Å². The van der Waals surface area contributed by atoms with Gasteiger partial charge in [0.2, 0.25) is 0 Å². The number of likely N-dealkylation sites (N-methyl/N-ethyl adjacent to an activating group) is 1. The normalized spacial score (nSPS) is 10.4. The van der Waals surface area contributed by atoms with Crippen LogP contribution in [0, 0.1) is 0 Å². The largest absolute Gasteiger partial charge is 0.460 e. The number of rotatable bonds is 14. The zero-order valence-corrected chi connectivity index (χ0v) is 11.7. The van der Waals surface area contributed by atoms with Crippen molar-refractivity contribution < 1.29 is 23.7 Å². The molecule has 0 spiro atoms. The Labute approximate surface area is 115 Å². The van der Waals surface area contributed by atoms with Gasteiger partial charge in [0.25, 0.3) is 0 Å². The molecular weight excluding hydrogens is 250 g/mol. The lowest BCUT2D eigenvalue weighted by Gasteiger charge is -2.07. The molecule has 6 nitrogen and oxygen atoms in total. The summed E-state index contributed by atoms with van der Waals surface area (Å²) in [6.07, 6.45) is 1.12. The second kappa shape index (κ2) is 15.1. The monoisotopic (exact) mass is 275 g/mol. The number of nitrogens with one attached hydrogen (secondary N) is 1. The van der Waals surface area contributed by atoms with E-state index in [2.05, 4.69) is 18.8 Å².